The SMILES string of the molecule is CC(=O)N(CCCCn1cnc2c(N)nc3ccccc3c21)Cc1ccc2ccc3cccc4ccc1c2c34. The normalized spacial score (nSPS) is 11.9. The maximum absolute atomic E-state index is 12.7. The van der Waals surface area contributed by atoms with E-state index in [-0.39, 0.29) is 5.91 Å². The number of para-hydroxylation sites is 1. The molecule has 7 rings (SSSR count). The second-order valence-electron chi connectivity index (χ2n) is 10.4. The van der Waals surface area contributed by atoms with Gasteiger partial charge in [-0.1, -0.05) is 72.8 Å². The van der Waals surface area contributed by atoms with Gasteiger partial charge in [0.1, 0.15) is 5.52 Å². The van der Waals surface area contributed by atoms with Gasteiger partial charge in [0.05, 0.1) is 17.4 Å². The number of aryl methyl sites for hydroxylation is 1. The number of benzene rings is 5. The van der Waals surface area contributed by atoms with Crippen molar-refractivity contribution >= 4 is 66.0 Å². The summed E-state index contributed by atoms with van der Waals surface area (Å²) < 4.78 is 2.16. The summed E-state index contributed by atoms with van der Waals surface area (Å²) in [6.07, 6.45) is 3.66. The van der Waals surface area contributed by atoms with E-state index in [1.165, 1.54) is 37.9 Å². The fraction of sp³-hybridized carbons (Fsp3) is 0.182. The molecule has 0 radical (unpaired) electrons. The minimum atomic E-state index is 0.0959. The van der Waals surface area contributed by atoms with E-state index >= 15 is 0 Å². The van der Waals surface area contributed by atoms with Crippen molar-refractivity contribution in [3.63, 3.8) is 0 Å². The minimum absolute atomic E-state index is 0.0959. The second-order valence-corrected chi connectivity index (χ2v) is 10.4. The molecule has 192 valence electrons. The molecule has 0 spiro atoms. The zero-order valence-electron chi connectivity index (χ0n) is 21.9. The second kappa shape index (κ2) is 9.24. The number of imidazole rings is 1. The molecule has 5 aromatic carbocycles. The topological polar surface area (TPSA) is 77.0 Å². The van der Waals surface area contributed by atoms with Gasteiger partial charge in [0.15, 0.2) is 5.82 Å². The summed E-state index contributed by atoms with van der Waals surface area (Å²) in [5.74, 6) is 0.553. The van der Waals surface area contributed by atoms with Gasteiger partial charge in [-0.25, -0.2) is 9.97 Å². The van der Waals surface area contributed by atoms with E-state index in [1.54, 1.807) is 6.92 Å². The van der Waals surface area contributed by atoms with E-state index in [2.05, 4.69) is 75.2 Å². The molecule has 39 heavy (non-hydrogen) atoms. The predicted octanol–water partition coefficient (Wildman–Crippen LogP) is 6.89. The van der Waals surface area contributed by atoms with Crippen molar-refractivity contribution in [2.24, 2.45) is 0 Å². The van der Waals surface area contributed by atoms with Gasteiger partial charge < -0.3 is 15.2 Å². The van der Waals surface area contributed by atoms with Crippen molar-refractivity contribution in [2.75, 3.05) is 12.3 Å². The molecular weight excluding hydrogens is 482 g/mol. The lowest BCUT2D eigenvalue weighted by molar-refractivity contribution is -0.129. The first-order chi connectivity index (χ1) is 19.1. The summed E-state index contributed by atoms with van der Waals surface area (Å²) in [7, 11) is 0. The maximum atomic E-state index is 12.7. The van der Waals surface area contributed by atoms with E-state index in [9.17, 15) is 4.79 Å². The first kappa shape index (κ1) is 23.4. The lowest BCUT2D eigenvalue weighted by Gasteiger charge is -2.23. The number of carbonyl (C=O) groups is 1. The van der Waals surface area contributed by atoms with Crippen molar-refractivity contribution in [2.45, 2.75) is 32.9 Å². The maximum Gasteiger partial charge on any atom is 0.219 e. The van der Waals surface area contributed by atoms with Crippen molar-refractivity contribution in [3.8, 4) is 0 Å². The van der Waals surface area contributed by atoms with Gasteiger partial charge in [-0.2, -0.15) is 0 Å². The summed E-state index contributed by atoms with van der Waals surface area (Å²) in [6.45, 7) is 3.77. The Morgan fingerprint density at radius 1 is 0.846 bits per heavy atom. The van der Waals surface area contributed by atoms with Crippen LogP contribution in [0.25, 0.3) is 54.3 Å². The fourth-order valence-electron chi connectivity index (χ4n) is 6.05. The Morgan fingerprint density at radius 2 is 1.59 bits per heavy atom. The van der Waals surface area contributed by atoms with Gasteiger partial charge in [-0.05, 0) is 56.8 Å². The zero-order chi connectivity index (χ0) is 26.5. The Bertz CT molecular complexity index is 1990. The number of amides is 1. The van der Waals surface area contributed by atoms with Crippen LogP contribution in [-0.2, 0) is 17.9 Å². The molecule has 2 aromatic heterocycles. The highest BCUT2D eigenvalue weighted by atomic mass is 16.2. The lowest BCUT2D eigenvalue weighted by atomic mass is 9.92. The van der Waals surface area contributed by atoms with Crippen LogP contribution in [0.5, 0.6) is 0 Å². The number of pyridine rings is 1. The average molecular weight is 512 g/mol. The number of carbonyl (C=O) groups excluding carboxylic acids is 1. The molecule has 6 heteroatoms. The molecule has 2 N–H and O–H groups in total. The number of hydrogen-bond acceptors (Lipinski definition) is 4. The largest absolute Gasteiger partial charge is 0.382 e. The van der Waals surface area contributed by atoms with Crippen LogP contribution >= 0.6 is 0 Å². The van der Waals surface area contributed by atoms with Gasteiger partial charge in [-0.3, -0.25) is 4.79 Å². The summed E-state index contributed by atoms with van der Waals surface area (Å²) in [6, 6.07) is 27.7. The Hall–Kier alpha value is -4.71. The number of fused-ring (bicyclic) bond motifs is 3. The number of anilines is 1. The predicted molar refractivity (Wildman–Crippen MR) is 160 cm³/mol. The molecule has 0 fully saturated rings. The van der Waals surface area contributed by atoms with Crippen LogP contribution < -0.4 is 5.73 Å². The van der Waals surface area contributed by atoms with Crippen LogP contribution in [0.3, 0.4) is 0 Å². The third kappa shape index (κ3) is 3.91. The third-order valence-corrected chi connectivity index (χ3v) is 7.98. The molecule has 0 aliphatic heterocycles. The molecule has 0 aliphatic carbocycles. The van der Waals surface area contributed by atoms with Crippen LogP contribution in [0.4, 0.5) is 5.82 Å². The van der Waals surface area contributed by atoms with E-state index in [0.717, 1.165) is 41.3 Å². The van der Waals surface area contributed by atoms with Crippen molar-refractivity contribution in [1.82, 2.24) is 19.4 Å². The van der Waals surface area contributed by atoms with E-state index in [1.807, 2.05) is 29.4 Å². The van der Waals surface area contributed by atoms with Crippen molar-refractivity contribution in [3.05, 3.63) is 90.8 Å². The fourth-order valence-corrected chi connectivity index (χ4v) is 6.05. The minimum Gasteiger partial charge on any atom is -0.382 e. The Balaban J connectivity index is 1.11. The molecule has 0 saturated heterocycles. The summed E-state index contributed by atoms with van der Waals surface area (Å²) in [4.78, 5) is 23.7. The van der Waals surface area contributed by atoms with Gasteiger partial charge in [0.25, 0.3) is 0 Å². The summed E-state index contributed by atoms with van der Waals surface area (Å²) >= 11 is 0. The number of nitrogen functional groups attached to an aromatic ring is 1. The summed E-state index contributed by atoms with van der Waals surface area (Å²) in [5.41, 5.74) is 10.0. The number of hydrogen-bond donors (Lipinski definition) is 1. The van der Waals surface area contributed by atoms with Gasteiger partial charge in [0.2, 0.25) is 5.91 Å². The highest BCUT2D eigenvalue weighted by Crippen LogP contribution is 2.36. The van der Waals surface area contributed by atoms with Gasteiger partial charge in [0, 0.05) is 31.9 Å². The van der Waals surface area contributed by atoms with Crippen LogP contribution in [0.15, 0.2) is 85.2 Å². The van der Waals surface area contributed by atoms with E-state index < -0.39 is 0 Å². The van der Waals surface area contributed by atoms with Crippen molar-refractivity contribution in [1.29, 1.82) is 0 Å². The Morgan fingerprint density at radius 3 is 2.41 bits per heavy atom. The first-order valence-corrected chi connectivity index (χ1v) is 13.5. The number of rotatable bonds is 7. The van der Waals surface area contributed by atoms with E-state index in [0.29, 0.717) is 18.9 Å². The van der Waals surface area contributed by atoms with Crippen LogP contribution in [0.1, 0.15) is 25.3 Å². The highest BCUT2D eigenvalue weighted by molar-refractivity contribution is 6.23. The number of nitrogens with two attached hydrogens (primary N) is 1. The molecule has 0 saturated carbocycles. The average Bonchev–Trinajstić information content (AvgIpc) is 3.39. The molecule has 0 aliphatic rings. The lowest BCUT2D eigenvalue weighted by Crippen LogP contribution is -2.29. The molecular formula is C33H29N5O. The van der Waals surface area contributed by atoms with Crippen LogP contribution in [0, 0.1) is 0 Å². The number of unbranched alkanes of at least 4 members (excludes halogenated alkanes) is 1. The number of aromatic nitrogens is 3. The monoisotopic (exact) mass is 511 g/mol. The Kier molecular flexibility index (Phi) is 5.55. The summed E-state index contributed by atoms with van der Waals surface area (Å²) in [5, 5.41) is 8.62. The molecule has 0 unspecified atom stereocenters. The molecule has 0 bridgehead atoms. The molecule has 7 aromatic rings. The van der Waals surface area contributed by atoms with Crippen LogP contribution in [-0.4, -0.2) is 31.9 Å². The smallest absolute Gasteiger partial charge is 0.219 e. The van der Waals surface area contributed by atoms with Gasteiger partial charge >= 0.3 is 0 Å². The molecule has 0 atom stereocenters. The zero-order valence-corrected chi connectivity index (χ0v) is 21.9. The standard InChI is InChI=1S/C33H29N5O/c1-21(39)37(17-4-5-18-38-20-35-31-32(38)27-9-2-3-10-28(27)36-33(31)34)19-25-14-13-24-12-11-22-7-6-8-23-15-16-26(25)30(24)29(22)23/h2-3,6-16,20H,4-5,17-19H2,1H3,(H2,34,36). The molecule has 2 heterocycles. The highest BCUT2D eigenvalue weighted by Gasteiger charge is 2.16. The molecule has 1 amide bonds. The molecule has 6 nitrogen and oxygen atoms in total. The Labute approximate surface area is 226 Å². The van der Waals surface area contributed by atoms with Crippen molar-refractivity contribution < 1.29 is 4.79 Å². The van der Waals surface area contributed by atoms with Gasteiger partial charge in [-0.15, -0.1) is 0 Å². The quantitative estimate of drug-likeness (QED) is 0.187. The van der Waals surface area contributed by atoms with Crippen LogP contribution in [0.2, 0.25) is 0 Å². The first-order valence-electron chi connectivity index (χ1n) is 13.5. The van der Waals surface area contributed by atoms with E-state index in [4.69, 9.17) is 5.73 Å². The number of nitrogens with zero attached hydrogens (tertiary/aromatic N) is 4. The third-order valence-electron chi connectivity index (χ3n) is 7.98.